The lowest BCUT2D eigenvalue weighted by Gasteiger charge is -2.11. The van der Waals surface area contributed by atoms with Gasteiger partial charge in [-0.15, -0.1) is 0 Å². The quantitative estimate of drug-likeness (QED) is 0.469. The number of sulfonamides is 1. The van der Waals surface area contributed by atoms with Gasteiger partial charge in [-0.1, -0.05) is 12.1 Å². The first-order chi connectivity index (χ1) is 13.8. The number of amides is 2. The third kappa shape index (κ3) is 6.36. The molecule has 8 nitrogen and oxygen atoms in total. The van der Waals surface area contributed by atoms with E-state index in [1.54, 1.807) is 31.3 Å². The second-order valence-electron chi connectivity index (χ2n) is 5.99. The van der Waals surface area contributed by atoms with E-state index in [0.29, 0.717) is 10.0 Å². The van der Waals surface area contributed by atoms with Gasteiger partial charge in [-0.2, -0.15) is 0 Å². The summed E-state index contributed by atoms with van der Waals surface area (Å²) in [5, 5.41) is 5.28. The van der Waals surface area contributed by atoms with Crippen molar-refractivity contribution in [2.45, 2.75) is 11.4 Å². The first kappa shape index (κ1) is 23.0. The van der Waals surface area contributed by atoms with E-state index in [1.165, 1.54) is 25.3 Å². The van der Waals surface area contributed by atoms with Crippen molar-refractivity contribution < 1.29 is 22.7 Å². The molecule has 0 fully saturated rings. The lowest BCUT2D eigenvalue weighted by atomic mass is 10.1. The van der Waals surface area contributed by atoms with Crippen LogP contribution >= 0.6 is 15.9 Å². The molecule has 0 unspecified atom stereocenters. The van der Waals surface area contributed by atoms with E-state index in [-0.39, 0.29) is 36.1 Å². The SMILES string of the molecule is CNC(=O)c1cccc(CNC(=O)c2cc(S(=O)(=O)NCCOC)ccc2Br)c1. The summed E-state index contributed by atoms with van der Waals surface area (Å²) >= 11 is 3.28. The number of benzene rings is 2. The van der Waals surface area contributed by atoms with E-state index in [0.717, 1.165) is 5.56 Å². The van der Waals surface area contributed by atoms with Crippen LogP contribution < -0.4 is 15.4 Å². The summed E-state index contributed by atoms with van der Waals surface area (Å²) in [4.78, 5) is 24.3. The van der Waals surface area contributed by atoms with Gasteiger partial charge in [-0.25, -0.2) is 13.1 Å². The second kappa shape index (κ2) is 10.5. The van der Waals surface area contributed by atoms with Crippen LogP contribution in [0, 0.1) is 0 Å². The molecule has 0 bridgehead atoms. The highest BCUT2D eigenvalue weighted by molar-refractivity contribution is 9.10. The molecule has 0 saturated heterocycles. The number of hydrogen-bond acceptors (Lipinski definition) is 5. The molecule has 0 aliphatic carbocycles. The Hall–Kier alpha value is -2.27. The minimum atomic E-state index is -3.77. The molecule has 2 aromatic rings. The Kier molecular flexibility index (Phi) is 8.32. The Morgan fingerprint density at radius 1 is 1.10 bits per heavy atom. The van der Waals surface area contributed by atoms with Gasteiger partial charge >= 0.3 is 0 Å². The van der Waals surface area contributed by atoms with E-state index in [9.17, 15) is 18.0 Å². The molecule has 0 heterocycles. The number of rotatable bonds is 9. The van der Waals surface area contributed by atoms with Crippen molar-refractivity contribution in [2.24, 2.45) is 0 Å². The summed E-state index contributed by atoms with van der Waals surface area (Å²) in [5.74, 6) is -0.670. The van der Waals surface area contributed by atoms with Crippen LogP contribution in [0.15, 0.2) is 51.8 Å². The second-order valence-corrected chi connectivity index (χ2v) is 8.62. The topological polar surface area (TPSA) is 114 Å². The van der Waals surface area contributed by atoms with E-state index >= 15 is 0 Å². The third-order valence-corrected chi connectivity index (χ3v) is 6.11. The molecule has 0 spiro atoms. The lowest BCUT2D eigenvalue weighted by molar-refractivity contribution is 0.0947. The van der Waals surface area contributed by atoms with E-state index in [2.05, 4.69) is 31.3 Å². The average molecular weight is 484 g/mol. The molecule has 156 valence electrons. The van der Waals surface area contributed by atoms with Gasteiger partial charge in [0, 0.05) is 37.3 Å². The molecular weight excluding hydrogens is 462 g/mol. The number of carbonyl (C=O) groups is 2. The largest absolute Gasteiger partial charge is 0.383 e. The fourth-order valence-electron chi connectivity index (χ4n) is 2.45. The minimum Gasteiger partial charge on any atom is -0.383 e. The predicted octanol–water partition coefficient (Wildman–Crippen LogP) is 1.66. The summed E-state index contributed by atoms with van der Waals surface area (Å²) in [6.07, 6.45) is 0. The Bertz CT molecular complexity index is 995. The van der Waals surface area contributed by atoms with E-state index in [4.69, 9.17) is 4.74 Å². The van der Waals surface area contributed by atoms with Crippen molar-refractivity contribution in [3.63, 3.8) is 0 Å². The van der Waals surface area contributed by atoms with Crippen molar-refractivity contribution in [1.29, 1.82) is 0 Å². The highest BCUT2D eigenvalue weighted by Crippen LogP contribution is 2.21. The van der Waals surface area contributed by atoms with Crippen LogP contribution in [0.5, 0.6) is 0 Å². The van der Waals surface area contributed by atoms with Crippen LogP contribution in [-0.4, -0.2) is 47.5 Å². The van der Waals surface area contributed by atoms with Crippen molar-refractivity contribution in [3.8, 4) is 0 Å². The van der Waals surface area contributed by atoms with Gasteiger partial charge in [0.25, 0.3) is 11.8 Å². The highest BCUT2D eigenvalue weighted by atomic mass is 79.9. The average Bonchev–Trinajstić information content (AvgIpc) is 2.72. The Morgan fingerprint density at radius 3 is 2.55 bits per heavy atom. The van der Waals surface area contributed by atoms with Gasteiger partial charge in [-0.3, -0.25) is 9.59 Å². The fourth-order valence-corrected chi connectivity index (χ4v) is 3.92. The van der Waals surface area contributed by atoms with Crippen molar-refractivity contribution in [1.82, 2.24) is 15.4 Å². The van der Waals surface area contributed by atoms with Crippen LogP contribution in [0.4, 0.5) is 0 Å². The number of halogens is 1. The number of methoxy groups -OCH3 is 1. The third-order valence-electron chi connectivity index (χ3n) is 3.96. The molecule has 10 heteroatoms. The monoisotopic (exact) mass is 483 g/mol. The minimum absolute atomic E-state index is 0.0245. The maximum absolute atomic E-state index is 12.6. The first-order valence-corrected chi connectivity index (χ1v) is 10.9. The smallest absolute Gasteiger partial charge is 0.252 e. The first-order valence-electron chi connectivity index (χ1n) is 8.66. The van der Waals surface area contributed by atoms with E-state index < -0.39 is 15.9 Å². The van der Waals surface area contributed by atoms with Crippen molar-refractivity contribution in [3.05, 3.63) is 63.6 Å². The van der Waals surface area contributed by atoms with Gasteiger partial charge in [0.2, 0.25) is 10.0 Å². The zero-order valence-corrected chi connectivity index (χ0v) is 18.4. The molecule has 0 radical (unpaired) electrons. The number of nitrogens with one attached hydrogen (secondary N) is 3. The predicted molar refractivity (Wildman–Crippen MR) is 112 cm³/mol. The maximum Gasteiger partial charge on any atom is 0.252 e. The summed E-state index contributed by atoms with van der Waals surface area (Å²) in [5.41, 5.74) is 1.40. The van der Waals surface area contributed by atoms with Gasteiger partial charge in [0.1, 0.15) is 0 Å². The van der Waals surface area contributed by atoms with Gasteiger partial charge in [-0.05, 0) is 51.8 Å². The molecule has 3 N–H and O–H groups in total. The summed E-state index contributed by atoms with van der Waals surface area (Å²) in [6.45, 7) is 0.537. The molecule has 2 amide bonds. The maximum atomic E-state index is 12.6. The summed E-state index contributed by atoms with van der Waals surface area (Å²) in [6, 6.07) is 11.1. The lowest BCUT2D eigenvalue weighted by Crippen LogP contribution is -2.28. The van der Waals surface area contributed by atoms with Crippen LogP contribution in [0.2, 0.25) is 0 Å². The Labute approximate surface area is 178 Å². The molecule has 0 aliphatic rings. The van der Waals surface area contributed by atoms with Crippen molar-refractivity contribution in [2.75, 3.05) is 27.3 Å². The van der Waals surface area contributed by atoms with Gasteiger partial charge < -0.3 is 15.4 Å². The zero-order valence-electron chi connectivity index (χ0n) is 16.0. The molecule has 2 aromatic carbocycles. The van der Waals surface area contributed by atoms with Crippen LogP contribution in [0.1, 0.15) is 26.3 Å². The molecule has 0 aromatic heterocycles. The normalized spacial score (nSPS) is 11.1. The molecule has 0 saturated carbocycles. The van der Waals surface area contributed by atoms with Crippen LogP contribution in [0.3, 0.4) is 0 Å². The zero-order chi connectivity index (χ0) is 21.4. The molecular formula is C19H22BrN3O5S. The molecule has 2 rings (SSSR count). The van der Waals surface area contributed by atoms with Crippen LogP contribution in [-0.2, 0) is 21.3 Å². The molecule has 0 aliphatic heterocycles. The fraction of sp³-hybridized carbons (Fsp3) is 0.263. The standard InChI is InChI=1S/C19H22BrN3O5S/c1-21-18(24)14-5-3-4-13(10-14)12-22-19(25)16-11-15(6-7-17(16)20)29(26,27)23-8-9-28-2/h3-7,10-11,23H,8-9,12H2,1-2H3,(H,21,24)(H,22,25). The number of hydrogen-bond donors (Lipinski definition) is 3. The molecule has 29 heavy (non-hydrogen) atoms. The Balaban J connectivity index is 2.14. The number of ether oxygens (including phenoxy) is 1. The summed E-state index contributed by atoms with van der Waals surface area (Å²) < 4.78 is 32.4. The van der Waals surface area contributed by atoms with Crippen molar-refractivity contribution >= 4 is 37.8 Å². The molecule has 0 atom stereocenters. The summed E-state index contributed by atoms with van der Waals surface area (Å²) in [7, 11) is -0.752. The van der Waals surface area contributed by atoms with Gasteiger partial charge in [0.15, 0.2) is 0 Å². The highest BCUT2D eigenvalue weighted by Gasteiger charge is 2.18. The van der Waals surface area contributed by atoms with Gasteiger partial charge in [0.05, 0.1) is 17.1 Å². The Morgan fingerprint density at radius 2 is 1.86 bits per heavy atom. The van der Waals surface area contributed by atoms with Crippen LogP contribution in [0.25, 0.3) is 0 Å². The van der Waals surface area contributed by atoms with E-state index in [1.807, 2.05) is 0 Å². The number of carbonyl (C=O) groups excluding carboxylic acids is 2.